The van der Waals surface area contributed by atoms with Gasteiger partial charge in [-0.05, 0) is 25.2 Å². The summed E-state index contributed by atoms with van der Waals surface area (Å²) in [6, 6.07) is 0. The quantitative estimate of drug-likeness (QED) is 0.774. The molecular weight excluding hydrogens is 312 g/mol. The number of ether oxygens (including phenoxy) is 1. The maximum Gasteiger partial charge on any atom is 0.350 e. The van der Waals surface area contributed by atoms with Gasteiger partial charge in [0.1, 0.15) is 14.8 Å². The van der Waals surface area contributed by atoms with Crippen molar-refractivity contribution >= 4 is 37.8 Å². The highest BCUT2D eigenvalue weighted by molar-refractivity contribution is 7.91. The molecule has 0 amide bonds. The van der Waals surface area contributed by atoms with E-state index in [1.54, 1.807) is 6.92 Å². The van der Waals surface area contributed by atoms with Crippen LogP contribution >= 0.6 is 11.3 Å². The van der Waals surface area contributed by atoms with E-state index in [4.69, 9.17) is 10.5 Å². The molecule has 6 nitrogen and oxygen atoms in total. The minimum atomic E-state index is -3.52. The molecule has 0 atom stereocenters. The summed E-state index contributed by atoms with van der Waals surface area (Å²) in [7, 11) is -3.52. The fraction of sp³-hybridized carbons (Fsp3) is 0.615. The second-order valence-corrected chi connectivity index (χ2v) is 8.63. The van der Waals surface area contributed by atoms with Gasteiger partial charge in [-0.3, -0.25) is 0 Å². The first-order valence-corrected chi connectivity index (χ1v) is 9.42. The average Bonchev–Trinajstić information content (AvgIpc) is 2.98. The van der Waals surface area contributed by atoms with E-state index < -0.39 is 15.8 Å². The number of thiophene rings is 1. The SMILES string of the molecule is CCOC(=O)c1sc(NCC2(C)CC2)c(S(C)(=O)=O)c1N. The Morgan fingerprint density at radius 3 is 2.57 bits per heavy atom. The van der Waals surface area contributed by atoms with Gasteiger partial charge < -0.3 is 15.8 Å². The first-order valence-electron chi connectivity index (χ1n) is 6.71. The molecule has 21 heavy (non-hydrogen) atoms. The number of anilines is 2. The molecule has 1 heterocycles. The van der Waals surface area contributed by atoms with E-state index in [9.17, 15) is 13.2 Å². The zero-order valence-corrected chi connectivity index (χ0v) is 14.0. The summed E-state index contributed by atoms with van der Waals surface area (Å²) in [5.41, 5.74) is 6.05. The summed E-state index contributed by atoms with van der Waals surface area (Å²) < 4.78 is 28.8. The van der Waals surface area contributed by atoms with Crippen LogP contribution in [0.25, 0.3) is 0 Å². The Bertz CT molecular complexity index is 660. The summed E-state index contributed by atoms with van der Waals surface area (Å²) in [4.78, 5) is 12.0. The maximum absolute atomic E-state index is 11.9. The van der Waals surface area contributed by atoms with Crippen LogP contribution in [0, 0.1) is 5.41 Å². The van der Waals surface area contributed by atoms with E-state index in [0.717, 1.165) is 30.4 Å². The lowest BCUT2D eigenvalue weighted by Crippen LogP contribution is -2.13. The minimum Gasteiger partial charge on any atom is -0.462 e. The number of hydrogen-bond acceptors (Lipinski definition) is 7. The zero-order valence-electron chi connectivity index (χ0n) is 12.4. The first-order chi connectivity index (χ1) is 9.68. The van der Waals surface area contributed by atoms with Crippen LogP contribution in [0.1, 0.15) is 36.4 Å². The smallest absolute Gasteiger partial charge is 0.350 e. The summed E-state index contributed by atoms with van der Waals surface area (Å²) in [6.45, 7) is 4.69. The second kappa shape index (κ2) is 5.49. The van der Waals surface area contributed by atoms with Gasteiger partial charge in [-0.1, -0.05) is 6.92 Å². The van der Waals surface area contributed by atoms with Gasteiger partial charge in [0.15, 0.2) is 9.84 Å². The van der Waals surface area contributed by atoms with Crippen molar-refractivity contribution in [3.05, 3.63) is 4.88 Å². The fourth-order valence-corrected chi connectivity index (χ4v) is 4.40. The molecule has 0 aromatic carbocycles. The van der Waals surface area contributed by atoms with Crippen molar-refractivity contribution in [3.63, 3.8) is 0 Å². The van der Waals surface area contributed by atoms with E-state index >= 15 is 0 Å². The number of nitrogens with one attached hydrogen (secondary N) is 1. The Balaban J connectivity index is 2.37. The number of carbonyl (C=O) groups excluding carboxylic acids is 1. The standard InChI is InChI=1S/C13H20N2O4S2/c1-4-19-12(16)9-8(14)10(21(3,17)18)11(20-9)15-7-13(2)5-6-13/h15H,4-7,14H2,1-3H3. The lowest BCUT2D eigenvalue weighted by Gasteiger charge is -2.11. The molecule has 1 aliphatic carbocycles. The number of nitrogen functional groups attached to an aromatic ring is 1. The summed E-state index contributed by atoms with van der Waals surface area (Å²) in [5.74, 6) is -0.587. The molecule has 8 heteroatoms. The number of carbonyl (C=O) groups is 1. The van der Waals surface area contributed by atoms with Crippen molar-refractivity contribution in [2.45, 2.75) is 31.6 Å². The van der Waals surface area contributed by atoms with Crippen molar-refractivity contribution in [2.75, 3.05) is 30.5 Å². The highest BCUT2D eigenvalue weighted by Gasteiger charge is 2.38. The third-order valence-corrected chi connectivity index (χ3v) is 5.95. The predicted molar refractivity (Wildman–Crippen MR) is 83.6 cm³/mol. The molecule has 0 radical (unpaired) electrons. The summed E-state index contributed by atoms with van der Waals surface area (Å²) in [6.07, 6.45) is 3.31. The predicted octanol–water partition coefficient (Wildman–Crippen LogP) is 2.12. The molecule has 1 aromatic rings. The molecule has 1 aliphatic rings. The van der Waals surface area contributed by atoms with E-state index in [1.165, 1.54) is 0 Å². The Morgan fingerprint density at radius 1 is 1.48 bits per heavy atom. The van der Waals surface area contributed by atoms with Gasteiger partial charge in [0.05, 0.1) is 12.3 Å². The third-order valence-electron chi connectivity index (χ3n) is 3.51. The van der Waals surface area contributed by atoms with Gasteiger partial charge >= 0.3 is 5.97 Å². The van der Waals surface area contributed by atoms with Crippen LogP contribution < -0.4 is 11.1 Å². The molecule has 0 bridgehead atoms. The Morgan fingerprint density at radius 2 is 2.10 bits per heavy atom. The van der Waals surface area contributed by atoms with E-state index in [1.807, 2.05) is 0 Å². The van der Waals surface area contributed by atoms with Gasteiger partial charge in [-0.2, -0.15) is 0 Å². The molecule has 0 aliphatic heterocycles. The topological polar surface area (TPSA) is 98.5 Å². The molecule has 0 saturated heterocycles. The molecule has 0 spiro atoms. The molecule has 2 rings (SSSR count). The minimum absolute atomic E-state index is 0.000182. The van der Waals surface area contributed by atoms with Gasteiger partial charge in [0, 0.05) is 12.8 Å². The number of sulfone groups is 1. The van der Waals surface area contributed by atoms with Crippen LogP contribution in [0.2, 0.25) is 0 Å². The Hall–Kier alpha value is -1.28. The van der Waals surface area contributed by atoms with Crippen LogP contribution in [-0.2, 0) is 14.6 Å². The van der Waals surface area contributed by atoms with Crippen molar-refractivity contribution in [1.82, 2.24) is 0 Å². The van der Waals surface area contributed by atoms with Crippen LogP contribution in [0.5, 0.6) is 0 Å². The van der Waals surface area contributed by atoms with Gasteiger partial charge in [0.2, 0.25) is 0 Å². The van der Waals surface area contributed by atoms with Gasteiger partial charge in [-0.25, -0.2) is 13.2 Å². The van der Waals surface area contributed by atoms with Crippen molar-refractivity contribution in [3.8, 4) is 0 Å². The number of rotatable bonds is 6. The summed E-state index contributed by atoms with van der Waals surface area (Å²) >= 11 is 1.04. The lowest BCUT2D eigenvalue weighted by molar-refractivity contribution is 0.0533. The Labute approximate surface area is 128 Å². The highest BCUT2D eigenvalue weighted by Crippen LogP contribution is 2.46. The van der Waals surface area contributed by atoms with Crippen LogP contribution in [0.15, 0.2) is 4.90 Å². The van der Waals surface area contributed by atoms with E-state index in [2.05, 4.69) is 12.2 Å². The molecule has 0 unspecified atom stereocenters. The molecule has 3 N–H and O–H groups in total. The number of hydrogen-bond donors (Lipinski definition) is 2. The van der Waals surface area contributed by atoms with Crippen molar-refractivity contribution < 1.29 is 17.9 Å². The summed E-state index contributed by atoms with van der Waals surface area (Å²) in [5, 5.41) is 3.55. The molecule has 118 valence electrons. The maximum atomic E-state index is 11.9. The number of esters is 1. The van der Waals surface area contributed by atoms with Gasteiger partial charge in [0.25, 0.3) is 0 Å². The molecule has 1 fully saturated rings. The van der Waals surface area contributed by atoms with Gasteiger partial charge in [-0.15, -0.1) is 11.3 Å². The lowest BCUT2D eigenvalue weighted by atomic mass is 10.1. The molecule has 1 aromatic heterocycles. The van der Waals surface area contributed by atoms with E-state index in [0.29, 0.717) is 11.5 Å². The molecule has 1 saturated carbocycles. The van der Waals surface area contributed by atoms with Crippen molar-refractivity contribution in [2.24, 2.45) is 5.41 Å². The second-order valence-electron chi connectivity index (χ2n) is 5.66. The highest BCUT2D eigenvalue weighted by atomic mass is 32.2. The normalized spacial score (nSPS) is 16.5. The van der Waals surface area contributed by atoms with Crippen LogP contribution in [0.4, 0.5) is 10.7 Å². The average molecular weight is 332 g/mol. The van der Waals surface area contributed by atoms with E-state index in [-0.39, 0.29) is 27.5 Å². The largest absolute Gasteiger partial charge is 0.462 e. The first kappa shape index (κ1) is 16.1. The van der Waals surface area contributed by atoms with Crippen LogP contribution in [-0.4, -0.2) is 33.8 Å². The number of nitrogens with two attached hydrogens (primary N) is 1. The monoisotopic (exact) mass is 332 g/mol. The van der Waals surface area contributed by atoms with Crippen molar-refractivity contribution in [1.29, 1.82) is 0 Å². The fourth-order valence-electron chi connectivity index (χ4n) is 1.95. The van der Waals surface area contributed by atoms with Crippen LogP contribution in [0.3, 0.4) is 0 Å². The third kappa shape index (κ3) is 3.49. The molecular formula is C13H20N2O4S2. The Kier molecular flexibility index (Phi) is 4.21. The zero-order chi connectivity index (χ0) is 15.8.